The van der Waals surface area contributed by atoms with Gasteiger partial charge in [-0.15, -0.1) is 0 Å². The minimum atomic E-state index is -0.290. The molecule has 1 amide bonds. The number of nitrogens with one attached hydrogen (secondary N) is 1. The van der Waals surface area contributed by atoms with Crippen LogP contribution < -0.4 is 10.2 Å². The predicted octanol–water partition coefficient (Wildman–Crippen LogP) is 2.35. The third-order valence-electron chi connectivity index (χ3n) is 2.62. The van der Waals surface area contributed by atoms with Crippen LogP contribution in [0.4, 0.5) is 0 Å². The van der Waals surface area contributed by atoms with Gasteiger partial charge < -0.3 is 4.74 Å². The van der Waals surface area contributed by atoms with E-state index in [4.69, 9.17) is 10.00 Å². The molecule has 0 saturated carbocycles. The summed E-state index contributed by atoms with van der Waals surface area (Å²) in [4.78, 5) is 11.8. The van der Waals surface area contributed by atoms with E-state index in [1.54, 1.807) is 42.5 Å². The molecule has 0 bridgehead atoms. The molecule has 0 saturated heterocycles. The number of benzene rings is 2. The molecule has 0 aliphatic heterocycles. The smallest absolute Gasteiger partial charge is 0.271 e. The number of nitrogens with zero attached hydrogens (tertiary/aromatic N) is 2. The summed E-state index contributed by atoms with van der Waals surface area (Å²) in [6.45, 7) is -0.0404. The van der Waals surface area contributed by atoms with Crippen LogP contribution in [0.15, 0.2) is 59.7 Å². The lowest BCUT2D eigenvalue weighted by Crippen LogP contribution is -2.17. The zero-order valence-corrected chi connectivity index (χ0v) is 11.2. The van der Waals surface area contributed by atoms with Crippen LogP contribution >= 0.6 is 0 Å². The van der Waals surface area contributed by atoms with Crippen LogP contribution in [0.5, 0.6) is 5.75 Å². The molecule has 1 N–H and O–H groups in total. The SMILES string of the molecule is N#CCOc1ccccc1/C=N/NC(=O)c1ccccc1. The molecule has 0 aliphatic rings. The van der Waals surface area contributed by atoms with E-state index in [9.17, 15) is 4.79 Å². The highest BCUT2D eigenvalue weighted by atomic mass is 16.5. The maximum Gasteiger partial charge on any atom is 0.271 e. The van der Waals surface area contributed by atoms with Crippen molar-refractivity contribution in [3.63, 3.8) is 0 Å². The Balaban J connectivity index is 2.02. The maximum atomic E-state index is 11.8. The lowest BCUT2D eigenvalue weighted by atomic mass is 10.2. The third-order valence-corrected chi connectivity index (χ3v) is 2.62. The number of nitriles is 1. The van der Waals surface area contributed by atoms with Crippen LogP contribution in [0.25, 0.3) is 0 Å². The zero-order chi connectivity index (χ0) is 14.9. The van der Waals surface area contributed by atoms with E-state index in [0.717, 1.165) is 0 Å². The first-order chi connectivity index (χ1) is 10.3. The van der Waals surface area contributed by atoms with Gasteiger partial charge in [-0.25, -0.2) is 5.43 Å². The summed E-state index contributed by atoms with van der Waals surface area (Å²) in [5.41, 5.74) is 3.65. The summed E-state index contributed by atoms with van der Waals surface area (Å²) < 4.78 is 5.26. The number of ether oxygens (including phenoxy) is 1. The molecule has 0 heterocycles. The molecule has 0 radical (unpaired) electrons. The van der Waals surface area contributed by atoms with Crippen molar-refractivity contribution < 1.29 is 9.53 Å². The number of hydrogen-bond donors (Lipinski definition) is 1. The molecule has 0 unspecified atom stereocenters. The number of hydrogen-bond acceptors (Lipinski definition) is 4. The standard InChI is InChI=1S/C16H13N3O2/c17-10-11-21-15-9-5-4-8-14(15)12-18-19-16(20)13-6-2-1-3-7-13/h1-9,12H,11H2,(H,19,20)/b18-12+. The second-order valence-corrected chi connectivity index (χ2v) is 4.05. The van der Waals surface area contributed by atoms with Gasteiger partial charge in [0.05, 0.1) is 6.21 Å². The summed E-state index contributed by atoms with van der Waals surface area (Å²) in [5.74, 6) is 0.249. The molecule has 5 nitrogen and oxygen atoms in total. The Kier molecular flexibility index (Phi) is 5.07. The van der Waals surface area contributed by atoms with E-state index in [1.165, 1.54) is 6.21 Å². The minimum absolute atomic E-state index is 0.0404. The largest absolute Gasteiger partial charge is 0.478 e. The first kappa shape index (κ1) is 14.3. The number of carbonyl (C=O) groups excluding carboxylic acids is 1. The van der Waals surface area contributed by atoms with Crippen molar-refractivity contribution in [1.82, 2.24) is 5.43 Å². The van der Waals surface area contributed by atoms with Gasteiger partial charge in [-0.3, -0.25) is 4.79 Å². The fraction of sp³-hybridized carbons (Fsp3) is 0.0625. The predicted molar refractivity (Wildman–Crippen MR) is 79.1 cm³/mol. The van der Waals surface area contributed by atoms with Crippen molar-refractivity contribution in [2.75, 3.05) is 6.61 Å². The fourth-order valence-electron chi connectivity index (χ4n) is 1.64. The van der Waals surface area contributed by atoms with E-state index in [1.807, 2.05) is 18.2 Å². The summed E-state index contributed by atoms with van der Waals surface area (Å²) in [6.07, 6.45) is 1.48. The van der Waals surface area contributed by atoms with Gasteiger partial charge >= 0.3 is 0 Å². The van der Waals surface area contributed by atoms with Crippen LogP contribution in [0.3, 0.4) is 0 Å². The Morgan fingerprint density at radius 2 is 1.90 bits per heavy atom. The van der Waals surface area contributed by atoms with Crippen molar-refractivity contribution in [2.45, 2.75) is 0 Å². The molecule has 2 aromatic carbocycles. The van der Waals surface area contributed by atoms with Crippen molar-refractivity contribution in [3.05, 3.63) is 65.7 Å². The Labute approximate surface area is 122 Å². The van der Waals surface area contributed by atoms with E-state index in [2.05, 4.69) is 10.5 Å². The van der Waals surface area contributed by atoms with Crippen molar-refractivity contribution in [2.24, 2.45) is 5.10 Å². The van der Waals surface area contributed by atoms with Crippen LogP contribution in [-0.2, 0) is 0 Å². The van der Waals surface area contributed by atoms with Crippen LogP contribution in [0, 0.1) is 11.3 Å². The van der Waals surface area contributed by atoms with Gasteiger partial charge in [0, 0.05) is 11.1 Å². The van der Waals surface area contributed by atoms with E-state index in [-0.39, 0.29) is 12.5 Å². The highest BCUT2D eigenvalue weighted by Crippen LogP contribution is 2.15. The highest BCUT2D eigenvalue weighted by Gasteiger charge is 2.03. The van der Waals surface area contributed by atoms with Gasteiger partial charge in [-0.05, 0) is 24.3 Å². The van der Waals surface area contributed by atoms with Gasteiger partial charge in [0.2, 0.25) is 0 Å². The Hall–Kier alpha value is -3.13. The lowest BCUT2D eigenvalue weighted by molar-refractivity contribution is 0.0955. The normalized spacial score (nSPS) is 10.0. The number of amides is 1. The average Bonchev–Trinajstić information content (AvgIpc) is 2.54. The number of rotatable bonds is 5. The van der Waals surface area contributed by atoms with Crippen LogP contribution in [0.1, 0.15) is 15.9 Å². The molecule has 0 atom stereocenters. The molecular formula is C16H13N3O2. The number of hydrazone groups is 1. The van der Waals surface area contributed by atoms with Crippen molar-refractivity contribution in [1.29, 1.82) is 5.26 Å². The van der Waals surface area contributed by atoms with Crippen LogP contribution in [0.2, 0.25) is 0 Å². The highest BCUT2D eigenvalue weighted by molar-refractivity contribution is 5.95. The third kappa shape index (κ3) is 4.18. The van der Waals surface area contributed by atoms with Gasteiger partial charge in [-0.1, -0.05) is 30.3 Å². The molecule has 5 heteroatoms. The number of carbonyl (C=O) groups is 1. The molecule has 0 spiro atoms. The Morgan fingerprint density at radius 1 is 1.19 bits per heavy atom. The Bertz CT molecular complexity index is 675. The number of para-hydroxylation sites is 1. The molecule has 0 aliphatic carbocycles. The first-order valence-corrected chi connectivity index (χ1v) is 6.28. The average molecular weight is 279 g/mol. The molecule has 2 rings (SSSR count). The summed E-state index contributed by atoms with van der Waals surface area (Å²) in [7, 11) is 0. The second-order valence-electron chi connectivity index (χ2n) is 4.05. The van der Waals surface area contributed by atoms with Gasteiger partial charge in [0.1, 0.15) is 11.8 Å². The minimum Gasteiger partial charge on any atom is -0.478 e. The summed E-state index contributed by atoms with van der Waals surface area (Å²) in [5, 5.41) is 12.4. The maximum absolute atomic E-state index is 11.8. The quantitative estimate of drug-likeness (QED) is 0.674. The van der Waals surface area contributed by atoms with Crippen LogP contribution in [-0.4, -0.2) is 18.7 Å². The van der Waals surface area contributed by atoms with Crippen molar-refractivity contribution in [3.8, 4) is 11.8 Å². The topological polar surface area (TPSA) is 74.5 Å². The van der Waals surface area contributed by atoms with Crippen molar-refractivity contribution >= 4 is 12.1 Å². The van der Waals surface area contributed by atoms with E-state index < -0.39 is 0 Å². The zero-order valence-electron chi connectivity index (χ0n) is 11.2. The van der Waals surface area contributed by atoms with Gasteiger partial charge in [0.15, 0.2) is 6.61 Å². The molecule has 21 heavy (non-hydrogen) atoms. The Morgan fingerprint density at radius 3 is 2.67 bits per heavy atom. The van der Waals surface area contributed by atoms with Gasteiger partial charge in [0.25, 0.3) is 5.91 Å². The summed E-state index contributed by atoms with van der Waals surface area (Å²) in [6, 6.07) is 17.8. The lowest BCUT2D eigenvalue weighted by Gasteiger charge is -2.04. The molecular weight excluding hydrogens is 266 g/mol. The summed E-state index contributed by atoms with van der Waals surface area (Å²) >= 11 is 0. The molecule has 0 fully saturated rings. The van der Waals surface area contributed by atoms with Gasteiger partial charge in [-0.2, -0.15) is 10.4 Å². The van der Waals surface area contributed by atoms with E-state index in [0.29, 0.717) is 16.9 Å². The van der Waals surface area contributed by atoms with E-state index >= 15 is 0 Å². The molecule has 104 valence electrons. The molecule has 2 aromatic rings. The first-order valence-electron chi connectivity index (χ1n) is 6.28. The second kappa shape index (κ2) is 7.46. The fourth-order valence-corrected chi connectivity index (χ4v) is 1.64. The molecule has 0 aromatic heterocycles. The monoisotopic (exact) mass is 279 g/mol.